The Hall–Kier alpha value is -1.63. The van der Waals surface area contributed by atoms with Crippen LogP contribution < -0.4 is 5.73 Å². The summed E-state index contributed by atoms with van der Waals surface area (Å²) >= 11 is 4.89. The van der Waals surface area contributed by atoms with Gasteiger partial charge in [-0.3, -0.25) is 0 Å². The normalized spacial score (nSPS) is 10.3. The number of hydrogen-bond acceptors (Lipinski definition) is 6. The Labute approximate surface area is 71.9 Å². The monoisotopic (exact) mass is 180 g/mol. The second-order valence-electron chi connectivity index (χ2n) is 2.08. The number of rotatable bonds is 0. The third-order valence-corrected chi connectivity index (χ3v) is 1.58. The van der Waals surface area contributed by atoms with Crippen molar-refractivity contribution in [1.82, 2.24) is 25.1 Å². The number of nitrogens with one attached hydrogen (secondary N) is 1. The molecule has 12 heavy (non-hydrogen) atoms. The molecule has 3 N–H and O–H groups in total. The van der Waals surface area contributed by atoms with Gasteiger partial charge < -0.3 is 10.7 Å². The van der Waals surface area contributed by atoms with E-state index < -0.39 is 0 Å². The molecule has 0 unspecified atom stereocenters. The maximum atomic E-state index is 5.40. The van der Waals surface area contributed by atoms with Crippen LogP contribution in [-0.4, -0.2) is 25.1 Å². The molecule has 6 nitrogen and oxygen atoms in total. The van der Waals surface area contributed by atoms with E-state index in [0.717, 1.165) is 0 Å². The Morgan fingerprint density at radius 1 is 1.50 bits per heavy atom. The molecule has 0 saturated carbocycles. The number of aromatic nitrogens is 5. The summed E-state index contributed by atoms with van der Waals surface area (Å²) in [5, 5.41) is 7.33. The highest BCUT2D eigenvalue weighted by atomic mass is 32.1. The van der Waals surface area contributed by atoms with Gasteiger partial charge in [-0.1, -0.05) is 12.2 Å². The minimum Gasteiger partial charge on any atom is -0.369 e. The van der Waals surface area contributed by atoms with Crippen molar-refractivity contribution in [2.75, 3.05) is 5.73 Å². The molecule has 0 bridgehead atoms. The van der Waals surface area contributed by atoms with Gasteiger partial charge in [0.05, 0.1) is 0 Å². The Balaban J connectivity index is 2.99. The lowest BCUT2D eigenvalue weighted by Gasteiger charge is -1.95. The molecule has 0 saturated heterocycles. The summed E-state index contributed by atoms with van der Waals surface area (Å²) in [6, 6.07) is 0. The third kappa shape index (κ3) is 0.996. The first kappa shape index (κ1) is 7.04. The van der Waals surface area contributed by atoms with E-state index in [-0.39, 0.29) is 5.95 Å². The van der Waals surface area contributed by atoms with Crippen LogP contribution in [0.4, 0.5) is 5.95 Å². The molecule has 0 radical (unpaired) electrons. The van der Waals surface area contributed by atoms with Gasteiger partial charge in [0.25, 0.3) is 0 Å². The first-order chi connectivity index (χ1) is 5.77. The van der Waals surface area contributed by atoms with E-state index in [2.05, 4.69) is 25.1 Å². The van der Waals surface area contributed by atoms with Crippen LogP contribution in [0.25, 0.3) is 11.2 Å². The number of H-pyrrole nitrogens is 1. The molecule has 2 aromatic heterocycles. The molecular weight excluding hydrogens is 176 g/mol. The molecule has 0 aliphatic rings. The van der Waals surface area contributed by atoms with E-state index in [1.807, 2.05) is 0 Å². The average molecular weight is 180 g/mol. The van der Waals surface area contributed by atoms with Gasteiger partial charge in [0.15, 0.2) is 15.8 Å². The first-order valence-corrected chi connectivity index (χ1v) is 3.51. The fourth-order valence-corrected chi connectivity index (χ4v) is 1.06. The summed E-state index contributed by atoms with van der Waals surface area (Å²) < 4.78 is 0.307. The summed E-state index contributed by atoms with van der Waals surface area (Å²) in [4.78, 5) is 10.4. The van der Waals surface area contributed by atoms with Gasteiger partial charge >= 0.3 is 0 Å². The molecule has 0 aliphatic heterocycles. The molecular formula is C5H4N6S. The second kappa shape index (κ2) is 2.45. The largest absolute Gasteiger partial charge is 0.369 e. The minimum atomic E-state index is 0.230. The Morgan fingerprint density at radius 2 is 2.33 bits per heavy atom. The molecule has 0 aliphatic carbocycles. The van der Waals surface area contributed by atoms with Gasteiger partial charge in [0.1, 0.15) is 6.33 Å². The van der Waals surface area contributed by atoms with Crippen LogP contribution in [0.3, 0.4) is 0 Å². The number of anilines is 1. The molecule has 0 spiro atoms. The molecule has 60 valence electrons. The van der Waals surface area contributed by atoms with Gasteiger partial charge in [-0.05, 0) is 0 Å². The van der Waals surface area contributed by atoms with Crippen molar-refractivity contribution in [2.45, 2.75) is 0 Å². The number of nitrogen functional groups attached to an aromatic ring is 1. The van der Waals surface area contributed by atoms with Crippen LogP contribution in [0.2, 0.25) is 0 Å². The van der Waals surface area contributed by atoms with E-state index in [1.165, 1.54) is 6.33 Å². The molecule has 2 aromatic rings. The van der Waals surface area contributed by atoms with Crippen molar-refractivity contribution in [2.24, 2.45) is 0 Å². The Bertz CT molecular complexity index is 477. The topological polar surface area (TPSA) is 93.4 Å². The molecule has 2 rings (SSSR count). The quantitative estimate of drug-likeness (QED) is 0.557. The minimum absolute atomic E-state index is 0.230. The van der Waals surface area contributed by atoms with Gasteiger partial charge in [0.2, 0.25) is 5.95 Å². The van der Waals surface area contributed by atoms with Crippen LogP contribution >= 0.6 is 12.2 Å². The zero-order valence-electron chi connectivity index (χ0n) is 5.85. The average Bonchev–Trinajstić information content (AvgIpc) is 2.04. The first-order valence-electron chi connectivity index (χ1n) is 3.10. The van der Waals surface area contributed by atoms with E-state index in [1.54, 1.807) is 0 Å². The van der Waals surface area contributed by atoms with Crippen LogP contribution in [-0.2, 0) is 0 Å². The van der Waals surface area contributed by atoms with Crippen molar-refractivity contribution < 1.29 is 0 Å². The number of nitrogens with two attached hydrogens (primary N) is 1. The summed E-state index contributed by atoms with van der Waals surface area (Å²) in [5.41, 5.74) is 6.37. The molecule has 7 heteroatoms. The maximum absolute atomic E-state index is 5.40. The van der Waals surface area contributed by atoms with Crippen molar-refractivity contribution in [3.05, 3.63) is 11.0 Å². The summed E-state index contributed by atoms with van der Waals surface area (Å²) in [5.74, 6) is 0.230. The molecule has 0 fully saturated rings. The number of fused-ring (bicyclic) bond motifs is 1. The van der Waals surface area contributed by atoms with Crippen LogP contribution in [0.15, 0.2) is 6.33 Å². The van der Waals surface area contributed by atoms with Crippen LogP contribution in [0, 0.1) is 4.64 Å². The van der Waals surface area contributed by atoms with Gasteiger partial charge in [-0.25, -0.2) is 9.97 Å². The van der Waals surface area contributed by atoms with Crippen LogP contribution in [0.5, 0.6) is 0 Å². The predicted octanol–water partition coefficient (Wildman–Crippen LogP) is 0.0596. The van der Waals surface area contributed by atoms with E-state index in [0.29, 0.717) is 15.8 Å². The number of nitrogens with zero attached hydrogens (tertiary/aromatic N) is 4. The van der Waals surface area contributed by atoms with Gasteiger partial charge in [0, 0.05) is 0 Å². The predicted molar refractivity (Wildman–Crippen MR) is 44.7 cm³/mol. The number of aromatic amines is 1. The standard InChI is InChI=1S/C5H4N6S/c6-5-9-3-2(4(12)10-5)11-8-1-7-3/h1H,(H3,6,7,8,9,10,12). The smallest absolute Gasteiger partial charge is 0.200 e. The van der Waals surface area contributed by atoms with Crippen molar-refractivity contribution in [3.63, 3.8) is 0 Å². The zero-order chi connectivity index (χ0) is 8.55. The molecule has 0 aromatic carbocycles. The summed E-state index contributed by atoms with van der Waals surface area (Å²) in [7, 11) is 0. The number of hydrogen-bond donors (Lipinski definition) is 2. The van der Waals surface area contributed by atoms with Gasteiger partial charge in [-0.2, -0.15) is 0 Å². The van der Waals surface area contributed by atoms with Crippen molar-refractivity contribution >= 4 is 29.3 Å². The maximum Gasteiger partial charge on any atom is 0.200 e. The summed E-state index contributed by atoms with van der Waals surface area (Å²) in [6.07, 6.45) is 1.31. The lowest BCUT2D eigenvalue weighted by molar-refractivity contribution is 0.996. The third-order valence-electron chi connectivity index (χ3n) is 1.29. The van der Waals surface area contributed by atoms with Crippen molar-refractivity contribution in [3.8, 4) is 0 Å². The van der Waals surface area contributed by atoms with Crippen molar-refractivity contribution in [1.29, 1.82) is 0 Å². The molecule has 2 heterocycles. The van der Waals surface area contributed by atoms with E-state index >= 15 is 0 Å². The highest BCUT2D eigenvalue weighted by molar-refractivity contribution is 7.71. The van der Waals surface area contributed by atoms with Gasteiger partial charge in [-0.15, -0.1) is 10.2 Å². The fraction of sp³-hybridized carbons (Fsp3) is 0. The van der Waals surface area contributed by atoms with Crippen LogP contribution in [0.1, 0.15) is 0 Å². The zero-order valence-corrected chi connectivity index (χ0v) is 6.67. The second-order valence-corrected chi connectivity index (χ2v) is 2.47. The Kier molecular flexibility index (Phi) is 1.44. The molecule has 0 amide bonds. The SMILES string of the molecule is Nc1nc(=S)c2nncnc2[nH]1. The molecule has 0 atom stereocenters. The van der Waals surface area contributed by atoms with E-state index in [9.17, 15) is 0 Å². The summed E-state index contributed by atoms with van der Waals surface area (Å²) in [6.45, 7) is 0. The Morgan fingerprint density at radius 3 is 3.17 bits per heavy atom. The lowest BCUT2D eigenvalue weighted by Crippen LogP contribution is -1.98. The van der Waals surface area contributed by atoms with E-state index in [4.69, 9.17) is 18.0 Å². The highest BCUT2D eigenvalue weighted by Crippen LogP contribution is 2.04. The highest BCUT2D eigenvalue weighted by Gasteiger charge is 1.99. The lowest BCUT2D eigenvalue weighted by atomic mass is 10.5. The fourth-order valence-electron chi connectivity index (χ4n) is 0.823.